The zero-order valence-electron chi connectivity index (χ0n) is 17.2. The van der Waals surface area contributed by atoms with Crippen LogP contribution in [0.25, 0.3) is 0 Å². The summed E-state index contributed by atoms with van der Waals surface area (Å²) >= 11 is 0. The SMILES string of the molecule is CB(O)N1CCC(C)(N2CCC(C(C)c3ccc(C(F)(F)F)cc3)CC2)CC1. The van der Waals surface area contributed by atoms with Gasteiger partial charge in [-0.05, 0) is 95.1 Å². The molecule has 1 aromatic carbocycles. The van der Waals surface area contributed by atoms with Gasteiger partial charge in [0.05, 0.1) is 5.56 Å². The molecular formula is C21H32BF3N2O. The van der Waals surface area contributed by atoms with Crippen molar-refractivity contribution in [2.45, 2.75) is 64.0 Å². The normalized spacial score (nSPS) is 23.5. The van der Waals surface area contributed by atoms with E-state index < -0.39 is 11.7 Å². The first-order valence-corrected chi connectivity index (χ1v) is 10.4. The second-order valence-electron chi connectivity index (χ2n) is 8.90. The van der Waals surface area contributed by atoms with Crippen molar-refractivity contribution in [2.75, 3.05) is 26.2 Å². The highest BCUT2D eigenvalue weighted by Crippen LogP contribution is 2.38. The largest absolute Gasteiger partial charge is 0.437 e. The maximum absolute atomic E-state index is 12.8. The second-order valence-corrected chi connectivity index (χ2v) is 8.90. The van der Waals surface area contributed by atoms with Gasteiger partial charge < -0.3 is 9.83 Å². The Balaban J connectivity index is 1.55. The van der Waals surface area contributed by atoms with Crippen molar-refractivity contribution >= 4 is 7.05 Å². The van der Waals surface area contributed by atoms with Gasteiger partial charge in [0.15, 0.2) is 0 Å². The minimum atomic E-state index is -4.27. The molecule has 2 fully saturated rings. The molecule has 7 heteroatoms. The molecule has 2 heterocycles. The number of alkyl halides is 3. The van der Waals surface area contributed by atoms with Crippen LogP contribution in [0.1, 0.15) is 56.6 Å². The summed E-state index contributed by atoms with van der Waals surface area (Å²) in [6.07, 6.45) is 0.0236. The number of likely N-dealkylation sites (tertiary alicyclic amines) is 1. The Morgan fingerprint density at radius 1 is 1.07 bits per heavy atom. The van der Waals surface area contributed by atoms with Crippen LogP contribution in [0.2, 0.25) is 6.82 Å². The van der Waals surface area contributed by atoms with E-state index in [-0.39, 0.29) is 18.5 Å². The molecule has 3 nitrogen and oxygen atoms in total. The van der Waals surface area contributed by atoms with E-state index in [2.05, 4.69) is 23.6 Å². The summed E-state index contributed by atoms with van der Waals surface area (Å²) in [4.78, 5) is 4.73. The maximum atomic E-state index is 12.8. The van der Waals surface area contributed by atoms with E-state index in [1.165, 1.54) is 12.1 Å². The summed E-state index contributed by atoms with van der Waals surface area (Å²) in [5.74, 6) is 0.781. The van der Waals surface area contributed by atoms with Crippen LogP contribution in [0, 0.1) is 5.92 Å². The molecule has 3 rings (SSSR count). The quantitative estimate of drug-likeness (QED) is 0.760. The zero-order chi connectivity index (χ0) is 20.5. The van der Waals surface area contributed by atoms with Crippen LogP contribution in [-0.4, -0.2) is 53.5 Å². The summed E-state index contributed by atoms with van der Waals surface area (Å²) in [5.41, 5.74) is 0.617. The van der Waals surface area contributed by atoms with Crippen molar-refractivity contribution in [1.82, 2.24) is 9.71 Å². The Bertz CT molecular complexity index is 634. The first-order chi connectivity index (χ1) is 13.1. The fraction of sp³-hybridized carbons (Fsp3) is 0.714. The average Bonchev–Trinajstić information content (AvgIpc) is 2.67. The summed E-state index contributed by atoms with van der Waals surface area (Å²) < 4.78 is 38.3. The van der Waals surface area contributed by atoms with Crippen molar-refractivity contribution in [3.63, 3.8) is 0 Å². The Labute approximate surface area is 167 Å². The smallest absolute Gasteiger partial charge is 0.416 e. The number of piperidine rings is 2. The number of rotatable bonds is 4. The molecule has 0 spiro atoms. The summed E-state index contributed by atoms with van der Waals surface area (Å²) in [6.45, 7) is 10.3. The monoisotopic (exact) mass is 396 g/mol. The molecule has 0 aliphatic carbocycles. The van der Waals surface area contributed by atoms with E-state index in [9.17, 15) is 18.2 Å². The van der Waals surface area contributed by atoms with Gasteiger partial charge in [-0.3, -0.25) is 4.90 Å². The van der Waals surface area contributed by atoms with E-state index in [0.29, 0.717) is 5.92 Å². The Kier molecular flexibility index (Phi) is 6.47. The molecule has 1 atom stereocenters. The predicted octanol–water partition coefficient (Wildman–Crippen LogP) is 4.49. The molecule has 0 radical (unpaired) electrons. The zero-order valence-corrected chi connectivity index (χ0v) is 17.2. The molecular weight excluding hydrogens is 364 g/mol. The molecule has 28 heavy (non-hydrogen) atoms. The van der Waals surface area contributed by atoms with E-state index >= 15 is 0 Å². The third kappa shape index (κ3) is 4.74. The molecule has 2 aliphatic rings. The number of benzene rings is 1. The lowest BCUT2D eigenvalue weighted by Gasteiger charge is -2.50. The minimum absolute atomic E-state index is 0.188. The van der Waals surface area contributed by atoms with Gasteiger partial charge in [-0.15, -0.1) is 0 Å². The van der Waals surface area contributed by atoms with Gasteiger partial charge >= 0.3 is 13.2 Å². The van der Waals surface area contributed by atoms with Crippen LogP contribution in [0.5, 0.6) is 0 Å². The predicted molar refractivity (Wildman–Crippen MR) is 107 cm³/mol. The van der Waals surface area contributed by atoms with E-state index in [0.717, 1.165) is 57.4 Å². The van der Waals surface area contributed by atoms with Gasteiger partial charge in [0.25, 0.3) is 0 Å². The van der Waals surface area contributed by atoms with Crippen LogP contribution in [0.4, 0.5) is 13.2 Å². The van der Waals surface area contributed by atoms with Gasteiger partial charge in [0.2, 0.25) is 0 Å². The molecule has 0 bridgehead atoms. The van der Waals surface area contributed by atoms with E-state index in [1.54, 1.807) is 12.1 Å². The molecule has 1 aromatic rings. The van der Waals surface area contributed by atoms with Crippen LogP contribution < -0.4 is 0 Å². The standard InChI is InChI=1S/C21H32BF3N2O/c1-16(17-4-6-19(7-5-17)21(23,24)25)18-8-12-26(13-9-18)20(2)10-14-27(15-11-20)22(3)28/h4-7,16,18,28H,8-15H2,1-3H3. The third-order valence-corrected chi connectivity index (χ3v) is 7.18. The van der Waals surface area contributed by atoms with Crippen LogP contribution in [-0.2, 0) is 6.18 Å². The first-order valence-electron chi connectivity index (χ1n) is 10.4. The third-order valence-electron chi connectivity index (χ3n) is 7.18. The maximum Gasteiger partial charge on any atom is 0.416 e. The lowest BCUT2D eigenvalue weighted by Crippen LogP contribution is -2.57. The van der Waals surface area contributed by atoms with Gasteiger partial charge in [0.1, 0.15) is 0 Å². The van der Waals surface area contributed by atoms with Crippen molar-refractivity contribution in [1.29, 1.82) is 0 Å². The van der Waals surface area contributed by atoms with Gasteiger partial charge in [-0.1, -0.05) is 19.1 Å². The summed E-state index contributed by atoms with van der Waals surface area (Å²) in [6, 6.07) is 5.70. The Morgan fingerprint density at radius 2 is 1.61 bits per heavy atom. The van der Waals surface area contributed by atoms with Crippen LogP contribution in [0.15, 0.2) is 24.3 Å². The van der Waals surface area contributed by atoms with Crippen molar-refractivity contribution < 1.29 is 18.2 Å². The van der Waals surface area contributed by atoms with Crippen LogP contribution >= 0.6 is 0 Å². The molecule has 2 saturated heterocycles. The minimum Gasteiger partial charge on any atom is -0.437 e. The van der Waals surface area contributed by atoms with Gasteiger partial charge in [-0.2, -0.15) is 13.2 Å². The molecule has 1 unspecified atom stereocenters. The molecule has 1 N–H and O–H groups in total. The van der Waals surface area contributed by atoms with Crippen molar-refractivity contribution in [3.8, 4) is 0 Å². The number of hydrogen-bond donors (Lipinski definition) is 1. The second kappa shape index (κ2) is 8.37. The number of hydrogen-bond acceptors (Lipinski definition) is 3. The molecule has 0 aromatic heterocycles. The highest BCUT2D eigenvalue weighted by molar-refractivity contribution is 6.45. The molecule has 0 amide bonds. The van der Waals surface area contributed by atoms with Crippen LogP contribution in [0.3, 0.4) is 0 Å². The highest BCUT2D eigenvalue weighted by atomic mass is 19.4. The first kappa shape index (κ1) is 21.7. The van der Waals surface area contributed by atoms with E-state index in [4.69, 9.17) is 0 Å². The summed E-state index contributed by atoms with van der Waals surface area (Å²) in [5, 5.41) is 9.77. The molecule has 2 aliphatic heterocycles. The Morgan fingerprint density at radius 3 is 2.07 bits per heavy atom. The van der Waals surface area contributed by atoms with Gasteiger partial charge in [0, 0.05) is 5.54 Å². The number of halogens is 3. The van der Waals surface area contributed by atoms with Gasteiger partial charge in [-0.25, -0.2) is 0 Å². The fourth-order valence-corrected chi connectivity index (χ4v) is 4.88. The van der Waals surface area contributed by atoms with Crippen molar-refractivity contribution in [3.05, 3.63) is 35.4 Å². The highest BCUT2D eigenvalue weighted by Gasteiger charge is 2.39. The summed E-state index contributed by atoms with van der Waals surface area (Å²) in [7, 11) is -0.375. The van der Waals surface area contributed by atoms with Crippen molar-refractivity contribution in [2.24, 2.45) is 5.92 Å². The molecule has 0 saturated carbocycles. The lowest BCUT2D eigenvalue weighted by atomic mass is 9.76. The number of nitrogens with zero attached hydrogens (tertiary/aromatic N) is 2. The fourth-order valence-electron chi connectivity index (χ4n) is 4.88. The molecule has 156 valence electrons. The van der Waals surface area contributed by atoms with E-state index in [1.807, 2.05) is 6.82 Å². The Hall–Kier alpha value is -1.05. The lowest BCUT2D eigenvalue weighted by molar-refractivity contribution is -0.137. The average molecular weight is 396 g/mol. The topological polar surface area (TPSA) is 26.7 Å².